The van der Waals surface area contributed by atoms with E-state index in [0.717, 1.165) is 0 Å². The van der Waals surface area contributed by atoms with E-state index in [9.17, 15) is 0 Å². The SMILES string of the molecule is CC1(C)CCCC(C)(N)CC1. The molecule has 0 radical (unpaired) electrons. The Morgan fingerprint density at radius 1 is 0.909 bits per heavy atom. The van der Waals surface area contributed by atoms with E-state index in [4.69, 9.17) is 5.73 Å². The van der Waals surface area contributed by atoms with E-state index in [2.05, 4.69) is 20.8 Å². The second-order valence-corrected chi connectivity index (χ2v) is 5.17. The summed E-state index contributed by atoms with van der Waals surface area (Å²) in [5.41, 5.74) is 6.76. The van der Waals surface area contributed by atoms with E-state index in [-0.39, 0.29) is 5.54 Å². The molecule has 1 unspecified atom stereocenters. The molecule has 0 aromatic heterocycles. The Labute approximate surface area is 70.4 Å². The van der Waals surface area contributed by atoms with Crippen LogP contribution in [0.5, 0.6) is 0 Å². The summed E-state index contributed by atoms with van der Waals surface area (Å²) in [5.74, 6) is 0. The Kier molecular flexibility index (Phi) is 2.29. The molecule has 1 nitrogen and oxygen atoms in total. The third-order valence-corrected chi connectivity index (χ3v) is 2.97. The zero-order chi connectivity index (χ0) is 8.54. The fraction of sp³-hybridized carbons (Fsp3) is 1.00. The van der Waals surface area contributed by atoms with E-state index < -0.39 is 0 Å². The standard InChI is InChI=1S/C10H21N/c1-9(2)5-4-6-10(3,11)8-7-9/h4-8,11H2,1-3H3. The number of nitrogens with two attached hydrogens (primary N) is 1. The largest absolute Gasteiger partial charge is 0.325 e. The first-order valence-corrected chi connectivity index (χ1v) is 4.70. The summed E-state index contributed by atoms with van der Waals surface area (Å²) in [7, 11) is 0. The van der Waals surface area contributed by atoms with Crippen molar-refractivity contribution in [3.63, 3.8) is 0 Å². The average molecular weight is 155 g/mol. The van der Waals surface area contributed by atoms with Gasteiger partial charge in [-0.3, -0.25) is 0 Å². The highest BCUT2D eigenvalue weighted by atomic mass is 14.7. The molecule has 1 atom stereocenters. The van der Waals surface area contributed by atoms with E-state index in [1.807, 2.05) is 0 Å². The Balaban J connectivity index is 2.53. The molecular formula is C10H21N. The van der Waals surface area contributed by atoms with Gasteiger partial charge in [-0.15, -0.1) is 0 Å². The number of hydrogen-bond acceptors (Lipinski definition) is 1. The number of rotatable bonds is 0. The summed E-state index contributed by atoms with van der Waals surface area (Å²) in [4.78, 5) is 0. The van der Waals surface area contributed by atoms with E-state index in [1.54, 1.807) is 0 Å². The maximum Gasteiger partial charge on any atom is 0.0126 e. The normalized spacial score (nSPS) is 38.2. The molecule has 0 bridgehead atoms. The van der Waals surface area contributed by atoms with Gasteiger partial charge < -0.3 is 5.73 Å². The summed E-state index contributed by atoms with van der Waals surface area (Å²) in [6, 6.07) is 0. The summed E-state index contributed by atoms with van der Waals surface area (Å²) in [6.07, 6.45) is 6.34. The van der Waals surface area contributed by atoms with Crippen molar-refractivity contribution in [2.24, 2.45) is 11.1 Å². The minimum absolute atomic E-state index is 0.119. The maximum atomic E-state index is 6.10. The number of hydrogen-bond donors (Lipinski definition) is 1. The fourth-order valence-corrected chi connectivity index (χ4v) is 1.84. The van der Waals surface area contributed by atoms with Crippen molar-refractivity contribution in [2.45, 2.75) is 58.4 Å². The zero-order valence-electron chi connectivity index (χ0n) is 8.11. The second-order valence-electron chi connectivity index (χ2n) is 5.17. The highest BCUT2D eigenvalue weighted by molar-refractivity contribution is 4.86. The van der Waals surface area contributed by atoms with Crippen LogP contribution >= 0.6 is 0 Å². The molecule has 0 spiro atoms. The van der Waals surface area contributed by atoms with Crippen molar-refractivity contribution in [3.8, 4) is 0 Å². The molecule has 1 saturated carbocycles. The first-order valence-electron chi connectivity index (χ1n) is 4.70. The highest BCUT2D eigenvalue weighted by Crippen LogP contribution is 2.36. The van der Waals surface area contributed by atoms with Gasteiger partial charge in [0.2, 0.25) is 0 Å². The Morgan fingerprint density at radius 2 is 1.55 bits per heavy atom. The molecule has 1 aliphatic carbocycles. The molecule has 1 fully saturated rings. The Morgan fingerprint density at radius 3 is 2.18 bits per heavy atom. The van der Waals surface area contributed by atoms with Crippen LogP contribution in [-0.2, 0) is 0 Å². The van der Waals surface area contributed by atoms with Crippen LogP contribution in [0.1, 0.15) is 52.9 Å². The van der Waals surface area contributed by atoms with E-state index in [1.165, 1.54) is 32.1 Å². The van der Waals surface area contributed by atoms with Gasteiger partial charge in [0, 0.05) is 5.54 Å². The summed E-state index contributed by atoms with van der Waals surface area (Å²) in [5, 5.41) is 0. The van der Waals surface area contributed by atoms with Crippen LogP contribution in [0.15, 0.2) is 0 Å². The third kappa shape index (κ3) is 2.82. The Bertz CT molecular complexity index is 120. The molecule has 66 valence electrons. The van der Waals surface area contributed by atoms with E-state index in [0.29, 0.717) is 5.41 Å². The topological polar surface area (TPSA) is 26.0 Å². The van der Waals surface area contributed by atoms with Crippen molar-refractivity contribution in [1.82, 2.24) is 0 Å². The van der Waals surface area contributed by atoms with Crippen LogP contribution in [0.3, 0.4) is 0 Å². The van der Waals surface area contributed by atoms with Crippen molar-refractivity contribution in [2.75, 3.05) is 0 Å². The first-order chi connectivity index (χ1) is 4.91. The van der Waals surface area contributed by atoms with Crippen LogP contribution in [-0.4, -0.2) is 5.54 Å². The van der Waals surface area contributed by atoms with Gasteiger partial charge in [-0.2, -0.15) is 0 Å². The van der Waals surface area contributed by atoms with Crippen molar-refractivity contribution in [1.29, 1.82) is 0 Å². The molecule has 1 rings (SSSR count). The summed E-state index contributed by atoms with van der Waals surface area (Å²) in [6.45, 7) is 6.90. The molecule has 0 aromatic carbocycles. The lowest BCUT2D eigenvalue weighted by Gasteiger charge is -2.24. The monoisotopic (exact) mass is 155 g/mol. The predicted molar refractivity (Wildman–Crippen MR) is 49.5 cm³/mol. The lowest BCUT2D eigenvalue weighted by molar-refractivity contribution is 0.303. The summed E-state index contributed by atoms with van der Waals surface area (Å²) < 4.78 is 0. The second kappa shape index (κ2) is 2.78. The molecule has 1 aliphatic rings. The van der Waals surface area contributed by atoms with Gasteiger partial charge in [0.15, 0.2) is 0 Å². The molecule has 0 saturated heterocycles. The highest BCUT2D eigenvalue weighted by Gasteiger charge is 2.28. The van der Waals surface area contributed by atoms with Gasteiger partial charge >= 0.3 is 0 Å². The van der Waals surface area contributed by atoms with Gasteiger partial charge in [-0.05, 0) is 38.0 Å². The Hall–Kier alpha value is -0.0400. The molecule has 0 aromatic rings. The molecule has 2 N–H and O–H groups in total. The lowest BCUT2D eigenvalue weighted by Crippen LogP contribution is -2.35. The van der Waals surface area contributed by atoms with Crippen LogP contribution in [0.4, 0.5) is 0 Å². The minimum atomic E-state index is 0.119. The first kappa shape index (κ1) is 9.05. The quantitative estimate of drug-likeness (QED) is 0.535. The lowest BCUT2D eigenvalue weighted by atomic mass is 9.84. The molecule has 0 heterocycles. The van der Waals surface area contributed by atoms with Gasteiger partial charge in [-0.25, -0.2) is 0 Å². The molecule has 0 aliphatic heterocycles. The van der Waals surface area contributed by atoms with Gasteiger partial charge in [0.1, 0.15) is 0 Å². The smallest absolute Gasteiger partial charge is 0.0126 e. The third-order valence-electron chi connectivity index (χ3n) is 2.97. The molecule has 11 heavy (non-hydrogen) atoms. The summed E-state index contributed by atoms with van der Waals surface area (Å²) >= 11 is 0. The minimum Gasteiger partial charge on any atom is -0.325 e. The van der Waals surface area contributed by atoms with Crippen molar-refractivity contribution < 1.29 is 0 Å². The van der Waals surface area contributed by atoms with Gasteiger partial charge in [-0.1, -0.05) is 20.3 Å². The van der Waals surface area contributed by atoms with Crippen LogP contribution in [0, 0.1) is 5.41 Å². The maximum absolute atomic E-state index is 6.10. The average Bonchev–Trinajstić information content (AvgIpc) is 1.92. The molecule has 1 heteroatoms. The zero-order valence-corrected chi connectivity index (χ0v) is 8.11. The van der Waals surface area contributed by atoms with Gasteiger partial charge in [0.25, 0.3) is 0 Å². The van der Waals surface area contributed by atoms with Crippen LogP contribution in [0.25, 0.3) is 0 Å². The molecular weight excluding hydrogens is 134 g/mol. The van der Waals surface area contributed by atoms with Crippen molar-refractivity contribution >= 4 is 0 Å². The predicted octanol–water partition coefficient (Wildman–Crippen LogP) is 2.69. The molecule has 0 amide bonds. The van der Waals surface area contributed by atoms with E-state index >= 15 is 0 Å². The van der Waals surface area contributed by atoms with Gasteiger partial charge in [0.05, 0.1) is 0 Å². The van der Waals surface area contributed by atoms with Crippen LogP contribution < -0.4 is 5.73 Å². The van der Waals surface area contributed by atoms with Crippen molar-refractivity contribution in [3.05, 3.63) is 0 Å². The fourth-order valence-electron chi connectivity index (χ4n) is 1.84. The van der Waals surface area contributed by atoms with Crippen LogP contribution in [0.2, 0.25) is 0 Å².